The van der Waals surface area contributed by atoms with Crippen molar-refractivity contribution in [2.24, 2.45) is 5.41 Å². The molecule has 164 valence electrons. The Kier molecular flexibility index (Phi) is 11.2. The Morgan fingerprint density at radius 2 is 1.25 bits per heavy atom. The van der Waals surface area contributed by atoms with Crippen LogP contribution in [0.1, 0.15) is 20.8 Å². The number of rotatable bonds is 11. The molecular weight excluding hydrogens is 384 g/mol. The Balaban J connectivity index is 4.59. The van der Waals surface area contributed by atoms with Gasteiger partial charge in [-0.25, -0.2) is 0 Å². The van der Waals surface area contributed by atoms with E-state index in [2.05, 4.69) is 99.7 Å². The number of allylic oxidation sites excluding steroid dienone is 23. The molecule has 0 aromatic rings. The Labute approximate surface area is 195 Å². The van der Waals surface area contributed by atoms with Gasteiger partial charge in [0.1, 0.15) is 0 Å². The summed E-state index contributed by atoms with van der Waals surface area (Å²) in [5, 5.41) is 0. The van der Waals surface area contributed by atoms with Gasteiger partial charge in [0.15, 0.2) is 0 Å². The first-order valence-electron chi connectivity index (χ1n) is 10.8. The van der Waals surface area contributed by atoms with E-state index in [1.54, 1.807) is 6.08 Å². The molecule has 0 saturated heterocycles. The van der Waals surface area contributed by atoms with Gasteiger partial charge in [0.25, 0.3) is 0 Å². The van der Waals surface area contributed by atoms with Gasteiger partial charge in [0.2, 0.25) is 0 Å². The van der Waals surface area contributed by atoms with Crippen LogP contribution >= 0.6 is 0 Å². The highest BCUT2D eigenvalue weighted by molar-refractivity contribution is 5.78. The van der Waals surface area contributed by atoms with E-state index < -0.39 is 5.41 Å². The van der Waals surface area contributed by atoms with Crippen LogP contribution < -0.4 is 0 Å². The lowest BCUT2D eigenvalue weighted by molar-refractivity contribution is 0.683. The number of hydrogen-bond acceptors (Lipinski definition) is 0. The third kappa shape index (κ3) is 5.15. The average Bonchev–Trinajstić information content (AvgIpc) is 3.02. The van der Waals surface area contributed by atoms with Crippen LogP contribution in [-0.2, 0) is 0 Å². The van der Waals surface area contributed by atoms with Crippen molar-refractivity contribution in [3.8, 4) is 0 Å². The first-order chi connectivity index (χ1) is 15.6. The van der Waals surface area contributed by atoms with Crippen LogP contribution in [0.4, 0.5) is 0 Å². The molecule has 0 aliphatic heterocycles. The summed E-state index contributed by atoms with van der Waals surface area (Å²) < 4.78 is 0. The van der Waals surface area contributed by atoms with Crippen LogP contribution in [-0.4, -0.2) is 0 Å². The molecule has 0 saturated carbocycles. The second-order valence-corrected chi connectivity index (χ2v) is 7.02. The van der Waals surface area contributed by atoms with Crippen molar-refractivity contribution in [2.45, 2.75) is 20.8 Å². The normalized spacial score (nSPS) is 22.8. The van der Waals surface area contributed by atoms with Crippen LogP contribution in [0.5, 0.6) is 0 Å². The van der Waals surface area contributed by atoms with Crippen molar-refractivity contribution in [2.75, 3.05) is 0 Å². The Hall–Kier alpha value is -3.64. The van der Waals surface area contributed by atoms with Gasteiger partial charge in [-0.15, -0.1) is 0 Å². The Morgan fingerprint density at radius 1 is 0.656 bits per heavy atom. The molecule has 0 aromatic heterocycles. The van der Waals surface area contributed by atoms with Crippen LogP contribution in [0.3, 0.4) is 0 Å². The van der Waals surface area contributed by atoms with Gasteiger partial charge in [-0.05, 0) is 54.2 Å². The lowest BCUT2D eigenvalue weighted by Crippen LogP contribution is -2.27. The highest BCUT2D eigenvalue weighted by Gasteiger charge is 2.49. The highest BCUT2D eigenvalue weighted by atomic mass is 14.5. The first kappa shape index (κ1) is 26.4. The molecule has 0 N–H and O–H groups in total. The molecule has 32 heavy (non-hydrogen) atoms. The van der Waals surface area contributed by atoms with Gasteiger partial charge < -0.3 is 0 Å². The summed E-state index contributed by atoms with van der Waals surface area (Å²) in [4.78, 5) is 0. The third-order valence-corrected chi connectivity index (χ3v) is 5.13. The molecule has 0 nitrogen and oxygen atoms in total. The second kappa shape index (κ2) is 13.6. The van der Waals surface area contributed by atoms with Gasteiger partial charge in [-0.3, -0.25) is 0 Å². The minimum absolute atomic E-state index is 0.612. The number of hydrogen-bond donors (Lipinski definition) is 0. The molecule has 1 aliphatic rings. The zero-order valence-electron chi connectivity index (χ0n) is 19.9. The summed E-state index contributed by atoms with van der Waals surface area (Å²) in [6.45, 7) is 26.0. The second-order valence-electron chi connectivity index (χ2n) is 7.02. The first-order valence-corrected chi connectivity index (χ1v) is 10.8. The molecule has 0 heteroatoms. The molecular formula is C32H36. The molecule has 1 unspecified atom stereocenters. The van der Waals surface area contributed by atoms with Gasteiger partial charge in [-0.2, -0.15) is 0 Å². The lowest BCUT2D eigenvalue weighted by Gasteiger charge is -2.37. The fourth-order valence-electron chi connectivity index (χ4n) is 4.20. The maximum Gasteiger partial charge on any atom is 0.0713 e. The third-order valence-electron chi connectivity index (χ3n) is 5.13. The van der Waals surface area contributed by atoms with E-state index in [9.17, 15) is 0 Å². The molecule has 0 radical (unpaired) electrons. The quantitative estimate of drug-likeness (QED) is 0.292. The van der Waals surface area contributed by atoms with E-state index in [0.717, 1.165) is 33.4 Å². The van der Waals surface area contributed by atoms with Crippen molar-refractivity contribution in [3.05, 3.63) is 170 Å². The maximum atomic E-state index is 4.03. The molecule has 0 bridgehead atoms. The topological polar surface area (TPSA) is 0 Å². The van der Waals surface area contributed by atoms with Crippen LogP contribution in [0.25, 0.3) is 0 Å². The molecule has 0 spiro atoms. The fourth-order valence-corrected chi connectivity index (χ4v) is 4.20. The van der Waals surface area contributed by atoms with E-state index in [0.29, 0.717) is 0 Å². The average molecular weight is 421 g/mol. The molecule has 1 rings (SSSR count). The molecule has 0 fully saturated rings. The Bertz CT molecular complexity index is 1020. The van der Waals surface area contributed by atoms with Gasteiger partial charge in [-0.1, -0.05) is 136 Å². The van der Waals surface area contributed by atoms with Gasteiger partial charge in [0, 0.05) is 0 Å². The zero-order valence-corrected chi connectivity index (χ0v) is 19.9. The zero-order chi connectivity index (χ0) is 24.0. The van der Waals surface area contributed by atoms with Crippen molar-refractivity contribution in [3.63, 3.8) is 0 Å². The highest BCUT2D eigenvalue weighted by Crippen LogP contribution is 2.60. The molecule has 0 aromatic carbocycles. The summed E-state index contributed by atoms with van der Waals surface area (Å²) in [6, 6.07) is 0. The summed E-state index contributed by atoms with van der Waals surface area (Å²) in [5.74, 6) is 0. The standard InChI is InChI=1S/C32H36/c1-9-17-25-27(20-12-4)32(26(18-10-2)19-11-3)30(23-15-7)28(21-13-5)29(22-14-6)31(32)24-16-8/h9-25H,1-2,4-5,7H2,3,6,8H3/b19-11-,22-14-,24-16-,25-17-,26-18+,27-20+,28-21-,30-23+. The van der Waals surface area contributed by atoms with Crippen molar-refractivity contribution in [1.82, 2.24) is 0 Å². The monoisotopic (exact) mass is 420 g/mol. The van der Waals surface area contributed by atoms with Crippen LogP contribution in [0.15, 0.2) is 170 Å². The van der Waals surface area contributed by atoms with E-state index in [4.69, 9.17) is 0 Å². The van der Waals surface area contributed by atoms with Crippen LogP contribution in [0.2, 0.25) is 0 Å². The maximum absolute atomic E-state index is 4.03. The van der Waals surface area contributed by atoms with Crippen molar-refractivity contribution >= 4 is 0 Å². The SMILES string of the molecule is C=C/C=C\C(=C/C=C)C1(C(/C=C\C)=C/C=C)C(/C=C\C)=C(/C=C\C)C(=C/C=C)/C1=C\C=C. The minimum atomic E-state index is -0.612. The van der Waals surface area contributed by atoms with E-state index >= 15 is 0 Å². The molecule has 0 heterocycles. The predicted molar refractivity (Wildman–Crippen MR) is 146 cm³/mol. The van der Waals surface area contributed by atoms with Crippen molar-refractivity contribution < 1.29 is 0 Å². The summed E-state index contributed by atoms with van der Waals surface area (Å²) in [6.07, 6.45) is 34.2. The molecule has 1 aliphatic carbocycles. The van der Waals surface area contributed by atoms with Crippen molar-refractivity contribution in [1.29, 1.82) is 0 Å². The fraction of sp³-hybridized carbons (Fsp3) is 0.125. The summed E-state index contributed by atoms with van der Waals surface area (Å²) in [5.41, 5.74) is 6.06. The summed E-state index contributed by atoms with van der Waals surface area (Å²) in [7, 11) is 0. The van der Waals surface area contributed by atoms with Gasteiger partial charge in [0.05, 0.1) is 5.41 Å². The van der Waals surface area contributed by atoms with Gasteiger partial charge >= 0.3 is 0 Å². The Morgan fingerprint density at radius 3 is 1.72 bits per heavy atom. The summed E-state index contributed by atoms with van der Waals surface area (Å²) >= 11 is 0. The van der Waals surface area contributed by atoms with Crippen LogP contribution in [0, 0.1) is 5.41 Å². The van der Waals surface area contributed by atoms with E-state index in [1.165, 1.54) is 0 Å². The predicted octanol–water partition coefficient (Wildman–Crippen LogP) is 9.20. The smallest absolute Gasteiger partial charge is 0.0713 e. The molecule has 0 amide bonds. The molecule has 1 atom stereocenters. The largest absolute Gasteiger partial charge is 0.0991 e. The minimum Gasteiger partial charge on any atom is -0.0991 e. The van der Waals surface area contributed by atoms with E-state index in [-0.39, 0.29) is 0 Å². The van der Waals surface area contributed by atoms with E-state index in [1.807, 2.05) is 51.2 Å². The lowest BCUT2D eigenvalue weighted by atomic mass is 9.64.